The molecule has 0 radical (unpaired) electrons. The molecule has 1 aromatic heterocycles. The van der Waals surface area contributed by atoms with Crippen molar-refractivity contribution in [3.8, 4) is 0 Å². The highest BCUT2D eigenvalue weighted by atomic mass is 19.4. The first-order valence-electron chi connectivity index (χ1n) is 8.65. The molecule has 0 aromatic carbocycles. The van der Waals surface area contributed by atoms with Crippen molar-refractivity contribution < 1.29 is 17.9 Å². The van der Waals surface area contributed by atoms with E-state index in [2.05, 4.69) is 31.6 Å². The van der Waals surface area contributed by atoms with E-state index < -0.39 is 11.9 Å². The summed E-state index contributed by atoms with van der Waals surface area (Å²) in [5.74, 6) is 0.916. The summed E-state index contributed by atoms with van der Waals surface area (Å²) in [5, 5.41) is 0. The monoisotopic (exact) mass is 394 g/mol. The molecule has 150 valence electrons. The second-order valence-electron chi connectivity index (χ2n) is 6.93. The van der Waals surface area contributed by atoms with Crippen molar-refractivity contribution in [2.45, 2.75) is 25.6 Å². The van der Waals surface area contributed by atoms with E-state index >= 15 is 0 Å². The normalized spacial score (nSPS) is 20.2. The average molecular weight is 394 g/mol. The Hall–Kier alpha value is -2.75. The van der Waals surface area contributed by atoms with Gasteiger partial charge in [0.15, 0.2) is 11.5 Å². The van der Waals surface area contributed by atoms with Crippen LogP contribution < -0.4 is 4.90 Å². The average Bonchev–Trinajstić information content (AvgIpc) is 2.65. The van der Waals surface area contributed by atoms with E-state index in [1.54, 1.807) is 12.3 Å². The van der Waals surface area contributed by atoms with Gasteiger partial charge in [0.2, 0.25) is 0 Å². The van der Waals surface area contributed by atoms with Gasteiger partial charge in [0.1, 0.15) is 11.5 Å². The van der Waals surface area contributed by atoms with E-state index in [0.717, 1.165) is 6.20 Å². The molecule has 2 aliphatic heterocycles. The minimum Gasteiger partial charge on any atom is -0.377 e. The fourth-order valence-corrected chi connectivity index (χ4v) is 3.03. The third-order valence-corrected chi connectivity index (χ3v) is 4.39. The number of hydrogen-bond acceptors (Lipinski definition) is 7. The summed E-state index contributed by atoms with van der Waals surface area (Å²) in [6.45, 7) is 9.39. The van der Waals surface area contributed by atoms with Gasteiger partial charge in [0, 0.05) is 25.2 Å². The van der Waals surface area contributed by atoms with Crippen LogP contribution in [0.4, 0.5) is 19.0 Å². The molecule has 1 saturated heterocycles. The van der Waals surface area contributed by atoms with Crippen molar-refractivity contribution in [1.29, 1.82) is 0 Å². The van der Waals surface area contributed by atoms with Crippen LogP contribution in [-0.4, -0.2) is 65.8 Å². The fraction of sp³-hybridized carbons (Fsp3) is 0.444. The lowest BCUT2D eigenvalue weighted by molar-refractivity contribution is -0.0934. The van der Waals surface area contributed by atoms with Crippen LogP contribution in [0.3, 0.4) is 0 Å². The third kappa shape index (κ3) is 4.22. The molecule has 0 saturated carbocycles. The Morgan fingerprint density at radius 1 is 1.39 bits per heavy atom. The van der Waals surface area contributed by atoms with Crippen LogP contribution >= 0.6 is 0 Å². The number of morpholine rings is 1. The van der Waals surface area contributed by atoms with E-state index in [9.17, 15) is 13.2 Å². The topological polar surface area (TPSA) is 66.2 Å². The van der Waals surface area contributed by atoms with E-state index in [0.29, 0.717) is 31.3 Å². The number of anilines is 1. The standard InChI is InChI=1S/C18H21F3N6O/c1-17(2)12-28-9-8-27(17)15-4-5-24-16(25-15)13(10-22-3)26-7-6-23-14(11-26)18(19,20)21/h4-6,10-11H,3,7-9,12H2,1-2H3/b13-10-. The number of halogens is 3. The minimum atomic E-state index is -4.55. The quantitative estimate of drug-likeness (QED) is 0.735. The van der Waals surface area contributed by atoms with E-state index in [1.165, 1.54) is 17.3 Å². The molecule has 0 aliphatic carbocycles. The molecule has 28 heavy (non-hydrogen) atoms. The Balaban J connectivity index is 1.96. The van der Waals surface area contributed by atoms with Crippen molar-refractivity contribution in [3.05, 3.63) is 36.2 Å². The Kier molecular flexibility index (Phi) is 5.50. The highest BCUT2D eigenvalue weighted by Gasteiger charge is 2.36. The molecular weight excluding hydrogens is 373 g/mol. The SMILES string of the molecule is C=N/C=C(/c1nccc(N2CCOCC2(C)C)n1)N1C=C(C(F)(F)F)N=CC1. The molecule has 3 heterocycles. The van der Waals surface area contributed by atoms with Crippen LogP contribution in [-0.2, 0) is 4.74 Å². The number of nitrogens with zero attached hydrogens (tertiary/aromatic N) is 6. The van der Waals surface area contributed by atoms with Gasteiger partial charge in [-0.1, -0.05) is 0 Å². The second kappa shape index (κ2) is 7.70. The number of alkyl halides is 3. The number of hydrogen-bond donors (Lipinski definition) is 0. The molecule has 1 aromatic rings. The lowest BCUT2D eigenvalue weighted by Gasteiger charge is -2.43. The zero-order valence-corrected chi connectivity index (χ0v) is 15.6. The Labute approximate surface area is 161 Å². The van der Waals surface area contributed by atoms with Gasteiger partial charge in [0.25, 0.3) is 0 Å². The second-order valence-corrected chi connectivity index (χ2v) is 6.93. The van der Waals surface area contributed by atoms with Gasteiger partial charge < -0.3 is 14.5 Å². The highest BCUT2D eigenvalue weighted by Crippen LogP contribution is 2.31. The van der Waals surface area contributed by atoms with Gasteiger partial charge in [-0.05, 0) is 26.6 Å². The number of allylic oxidation sites excluding steroid dienone is 1. The van der Waals surface area contributed by atoms with E-state index in [-0.39, 0.29) is 17.9 Å². The Morgan fingerprint density at radius 3 is 2.86 bits per heavy atom. The molecule has 0 N–H and O–H groups in total. The van der Waals surface area contributed by atoms with Crippen LogP contribution in [0.15, 0.2) is 40.3 Å². The largest absolute Gasteiger partial charge is 0.434 e. The van der Waals surface area contributed by atoms with Gasteiger partial charge in [0.05, 0.1) is 31.5 Å². The Morgan fingerprint density at radius 2 is 2.18 bits per heavy atom. The maximum atomic E-state index is 13.0. The van der Waals surface area contributed by atoms with Crippen LogP contribution in [0, 0.1) is 0 Å². The van der Waals surface area contributed by atoms with Gasteiger partial charge in [-0.15, -0.1) is 0 Å². The molecule has 7 nitrogen and oxygen atoms in total. The number of ether oxygens (including phenoxy) is 1. The zero-order valence-electron chi connectivity index (χ0n) is 15.6. The van der Waals surface area contributed by atoms with E-state index in [4.69, 9.17) is 4.74 Å². The Bertz CT molecular complexity index is 831. The molecule has 0 unspecified atom stereocenters. The maximum Gasteiger partial charge on any atom is 0.434 e. The lowest BCUT2D eigenvalue weighted by Crippen LogP contribution is -2.53. The molecule has 0 amide bonds. The summed E-state index contributed by atoms with van der Waals surface area (Å²) in [5.41, 5.74) is -0.971. The van der Waals surface area contributed by atoms with Gasteiger partial charge in [-0.25, -0.2) is 9.97 Å². The van der Waals surface area contributed by atoms with Gasteiger partial charge in [-0.3, -0.25) is 9.98 Å². The van der Waals surface area contributed by atoms with Crippen molar-refractivity contribution in [2.24, 2.45) is 9.98 Å². The van der Waals surface area contributed by atoms with Crippen LogP contribution in [0.5, 0.6) is 0 Å². The fourth-order valence-electron chi connectivity index (χ4n) is 3.03. The third-order valence-electron chi connectivity index (χ3n) is 4.39. The van der Waals surface area contributed by atoms with Crippen molar-refractivity contribution >= 4 is 24.4 Å². The van der Waals surface area contributed by atoms with Crippen molar-refractivity contribution in [1.82, 2.24) is 14.9 Å². The first kappa shape index (κ1) is 20.0. The predicted molar refractivity (Wildman–Crippen MR) is 101 cm³/mol. The van der Waals surface area contributed by atoms with Crippen LogP contribution in [0.1, 0.15) is 19.7 Å². The molecule has 10 heteroatoms. The summed E-state index contributed by atoms with van der Waals surface area (Å²) in [6.07, 6.45) is 0.475. The smallest absolute Gasteiger partial charge is 0.377 e. The number of rotatable bonds is 4. The number of aromatic nitrogens is 2. The van der Waals surface area contributed by atoms with Crippen LogP contribution in [0.2, 0.25) is 0 Å². The summed E-state index contributed by atoms with van der Waals surface area (Å²) in [6, 6.07) is 1.77. The summed E-state index contributed by atoms with van der Waals surface area (Å²) in [7, 11) is 0. The van der Waals surface area contributed by atoms with Crippen molar-refractivity contribution in [3.63, 3.8) is 0 Å². The minimum absolute atomic E-state index is 0.136. The molecule has 0 bridgehead atoms. The first-order valence-corrected chi connectivity index (χ1v) is 8.65. The number of aliphatic imine (C=N–C) groups is 2. The summed E-state index contributed by atoms with van der Waals surface area (Å²) >= 11 is 0. The van der Waals surface area contributed by atoms with Crippen molar-refractivity contribution in [2.75, 3.05) is 31.2 Å². The van der Waals surface area contributed by atoms with Gasteiger partial charge >= 0.3 is 6.18 Å². The first-order chi connectivity index (χ1) is 13.2. The summed E-state index contributed by atoms with van der Waals surface area (Å²) < 4.78 is 44.7. The van der Waals surface area contributed by atoms with E-state index in [1.807, 2.05) is 13.8 Å². The van der Waals surface area contributed by atoms with Gasteiger partial charge in [-0.2, -0.15) is 13.2 Å². The molecular formula is C18H21F3N6O. The molecule has 0 atom stereocenters. The maximum absolute atomic E-state index is 13.0. The lowest BCUT2D eigenvalue weighted by atomic mass is 10.0. The molecule has 0 spiro atoms. The van der Waals surface area contributed by atoms with Crippen LogP contribution in [0.25, 0.3) is 5.70 Å². The molecule has 2 aliphatic rings. The highest BCUT2D eigenvalue weighted by molar-refractivity contribution is 5.70. The zero-order chi connectivity index (χ0) is 20.4. The summed E-state index contributed by atoms with van der Waals surface area (Å²) in [4.78, 5) is 19.4. The molecule has 1 fully saturated rings. The predicted octanol–water partition coefficient (Wildman–Crippen LogP) is 2.88. The molecule has 3 rings (SSSR count).